The van der Waals surface area contributed by atoms with E-state index in [0.29, 0.717) is 23.0 Å². The number of benzene rings is 2. The second-order valence-electron chi connectivity index (χ2n) is 10.5. The number of fused-ring (bicyclic) bond motifs is 1. The molecule has 1 saturated heterocycles. The van der Waals surface area contributed by atoms with Crippen molar-refractivity contribution in [3.63, 3.8) is 0 Å². The molecule has 2 aromatic rings. The van der Waals surface area contributed by atoms with Gasteiger partial charge in [-0.25, -0.2) is 0 Å². The molecule has 2 aliphatic rings. The number of carbonyl (C=O) groups is 1. The van der Waals surface area contributed by atoms with Gasteiger partial charge >= 0.3 is 5.97 Å². The highest BCUT2D eigenvalue weighted by Crippen LogP contribution is 2.45. The van der Waals surface area contributed by atoms with E-state index in [1.807, 2.05) is 32.9 Å². The van der Waals surface area contributed by atoms with E-state index in [4.69, 9.17) is 35.9 Å². The largest absolute Gasteiger partial charge is 0.493 e. The number of nitrogens with zero attached hydrogens (tertiary/aromatic N) is 2. The number of carbonyl (C=O) groups excluding carboxylic acids is 1. The molecule has 0 aromatic heterocycles. The molecule has 2 heterocycles. The standard InChI is InChI=1S/C30H40N2O6S/c1-18-19(2)26-23(20(3)25(18)37-21(4)33)11-12-30(5,38-26)29(39)32-15-13-31(14-16-32)17-22-9-10-24(34-6)28(36-8)27(22)35-7/h9-10H,11-17H2,1-8H3. The van der Waals surface area contributed by atoms with Crippen molar-refractivity contribution in [3.05, 3.63) is 39.9 Å². The lowest BCUT2D eigenvalue weighted by molar-refractivity contribution is -0.132. The highest BCUT2D eigenvalue weighted by atomic mass is 32.1. The molecule has 1 atom stereocenters. The Hall–Kier alpha value is -3.04. The maximum atomic E-state index is 11.7. The van der Waals surface area contributed by atoms with Crippen molar-refractivity contribution < 1.29 is 28.5 Å². The Labute approximate surface area is 237 Å². The van der Waals surface area contributed by atoms with Crippen LogP contribution in [0, 0.1) is 20.8 Å². The summed E-state index contributed by atoms with van der Waals surface area (Å²) in [7, 11) is 4.90. The van der Waals surface area contributed by atoms with Crippen LogP contribution in [0.3, 0.4) is 0 Å². The first-order chi connectivity index (χ1) is 18.5. The molecule has 0 amide bonds. The molecule has 0 aliphatic carbocycles. The fourth-order valence-corrected chi connectivity index (χ4v) is 5.98. The summed E-state index contributed by atoms with van der Waals surface area (Å²) in [5.41, 5.74) is 4.47. The third-order valence-corrected chi connectivity index (χ3v) is 8.72. The number of rotatable bonds is 7. The van der Waals surface area contributed by atoms with Gasteiger partial charge in [-0.3, -0.25) is 9.69 Å². The lowest BCUT2D eigenvalue weighted by Crippen LogP contribution is -2.56. The number of methoxy groups -OCH3 is 3. The zero-order valence-corrected chi connectivity index (χ0v) is 25.2. The van der Waals surface area contributed by atoms with Gasteiger partial charge in [-0.15, -0.1) is 0 Å². The molecule has 0 radical (unpaired) electrons. The van der Waals surface area contributed by atoms with Crippen LogP contribution in [-0.2, 0) is 17.8 Å². The highest BCUT2D eigenvalue weighted by Gasteiger charge is 2.41. The van der Waals surface area contributed by atoms with Crippen LogP contribution in [0.15, 0.2) is 12.1 Å². The lowest BCUT2D eigenvalue weighted by Gasteiger charge is -2.44. The molecule has 2 aliphatic heterocycles. The quantitative estimate of drug-likeness (QED) is 0.272. The Bertz CT molecular complexity index is 1270. The lowest BCUT2D eigenvalue weighted by atomic mass is 9.86. The minimum atomic E-state index is -0.580. The number of hydrogen-bond donors (Lipinski definition) is 0. The van der Waals surface area contributed by atoms with Gasteiger partial charge < -0.3 is 28.6 Å². The van der Waals surface area contributed by atoms with Crippen molar-refractivity contribution in [2.45, 2.75) is 59.6 Å². The summed E-state index contributed by atoms with van der Waals surface area (Å²) in [5, 5.41) is 0. The predicted octanol–water partition coefficient (Wildman–Crippen LogP) is 4.79. The van der Waals surface area contributed by atoms with Crippen LogP contribution in [-0.4, -0.2) is 73.9 Å². The number of piperazine rings is 1. The predicted molar refractivity (Wildman–Crippen MR) is 155 cm³/mol. The summed E-state index contributed by atoms with van der Waals surface area (Å²) in [6.07, 6.45) is 1.58. The molecule has 0 bridgehead atoms. The number of esters is 1. The second kappa shape index (κ2) is 11.6. The smallest absolute Gasteiger partial charge is 0.308 e. The molecular weight excluding hydrogens is 516 g/mol. The van der Waals surface area contributed by atoms with Gasteiger partial charge in [0.1, 0.15) is 16.5 Å². The van der Waals surface area contributed by atoms with Crippen LogP contribution < -0.4 is 23.7 Å². The van der Waals surface area contributed by atoms with Gasteiger partial charge in [0.2, 0.25) is 5.75 Å². The van der Waals surface area contributed by atoms with E-state index in [9.17, 15) is 4.79 Å². The summed E-state index contributed by atoms with van der Waals surface area (Å²) in [6.45, 7) is 13.7. The van der Waals surface area contributed by atoms with Gasteiger partial charge in [0, 0.05) is 50.8 Å². The minimum absolute atomic E-state index is 0.313. The molecule has 8 nitrogen and oxygen atoms in total. The molecule has 1 fully saturated rings. The molecule has 39 heavy (non-hydrogen) atoms. The van der Waals surface area contributed by atoms with Crippen molar-refractivity contribution in [1.29, 1.82) is 0 Å². The monoisotopic (exact) mass is 556 g/mol. The van der Waals surface area contributed by atoms with Crippen LogP contribution in [0.4, 0.5) is 0 Å². The van der Waals surface area contributed by atoms with Gasteiger partial charge in [0.25, 0.3) is 0 Å². The normalized spacial score (nSPS) is 19.1. The van der Waals surface area contributed by atoms with Crippen molar-refractivity contribution >= 4 is 23.2 Å². The first-order valence-corrected chi connectivity index (χ1v) is 13.7. The first-order valence-electron chi connectivity index (χ1n) is 13.3. The Morgan fingerprint density at radius 2 is 1.62 bits per heavy atom. The van der Waals surface area contributed by atoms with Crippen LogP contribution >= 0.6 is 12.2 Å². The number of hydrogen-bond acceptors (Lipinski definition) is 8. The van der Waals surface area contributed by atoms with Crippen molar-refractivity contribution in [2.24, 2.45) is 0 Å². The first kappa shape index (κ1) is 29.0. The summed E-state index contributed by atoms with van der Waals surface area (Å²) >= 11 is 6.06. The fourth-order valence-electron chi connectivity index (χ4n) is 5.65. The third kappa shape index (κ3) is 5.52. The van der Waals surface area contributed by atoms with Crippen LogP contribution in [0.25, 0.3) is 0 Å². The van der Waals surface area contributed by atoms with E-state index < -0.39 is 5.60 Å². The van der Waals surface area contributed by atoms with E-state index >= 15 is 0 Å². The molecule has 0 saturated carbocycles. The average molecular weight is 557 g/mol. The number of thiocarbonyl (C=S) groups is 1. The van der Waals surface area contributed by atoms with Crippen LogP contribution in [0.2, 0.25) is 0 Å². The van der Waals surface area contributed by atoms with Gasteiger partial charge in [-0.2, -0.15) is 0 Å². The summed E-state index contributed by atoms with van der Waals surface area (Å²) in [6, 6.07) is 3.95. The van der Waals surface area contributed by atoms with Gasteiger partial charge in [-0.1, -0.05) is 18.3 Å². The van der Waals surface area contributed by atoms with E-state index in [0.717, 1.165) is 84.1 Å². The summed E-state index contributed by atoms with van der Waals surface area (Å²) in [5.74, 6) is 3.17. The number of ether oxygens (including phenoxy) is 5. The SMILES string of the molecule is COc1ccc(CN2CCN(C(=S)C3(C)CCc4c(C)c(OC(C)=O)c(C)c(C)c4O3)CC2)c(OC)c1OC. The molecule has 4 rings (SSSR count). The Balaban J connectivity index is 1.45. The fraction of sp³-hybridized carbons (Fsp3) is 0.533. The molecule has 212 valence electrons. The summed E-state index contributed by atoms with van der Waals surface area (Å²) < 4.78 is 28.9. The van der Waals surface area contributed by atoms with Gasteiger partial charge in [-0.05, 0) is 63.3 Å². The third-order valence-electron chi connectivity index (χ3n) is 8.03. The Morgan fingerprint density at radius 3 is 2.21 bits per heavy atom. The maximum absolute atomic E-state index is 11.7. The molecule has 1 unspecified atom stereocenters. The van der Waals surface area contributed by atoms with E-state index in [1.165, 1.54) is 6.92 Å². The highest BCUT2D eigenvalue weighted by molar-refractivity contribution is 7.80. The Morgan fingerprint density at radius 1 is 0.949 bits per heavy atom. The minimum Gasteiger partial charge on any atom is -0.493 e. The van der Waals surface area contributed by atoms with Crippen LogP contribution in [0.5, 0.6) is 28.7 Å². The van der Waals surface area contributed by atoms with Gasteiger partial charge in [0.15, 0.2) is 17.1 Å². The van der Waals surface area contributed by atoms with Gasteiger partial charge in [0.05, 0.1) is 21.3 Å². The van der Waals surface area contributed by atoms with E-state index in [-0.39, 0.29) is 5.97 Å². The topological polar surface area (TPSA) is 69.7 Å². The van der Waals surface area contributed by atoms with Crippen molar-refractivity contribution in [1.82, 2.24) is 9.80 Å². The molecule has 0 spiro atoms. The van der Waals surface area contributed by atoms with E-state index in [1.54, 1.807) is 21.3 Å². The zero-order chi connectivity index (χ0) is 28.5. The van der Waals surface area contributed by atoms with Crippen LogP contribution in [0.1, 0.15) is 48.1 Å². The van der Waals surface area contributed by atoms with E-state index in [2.05, 4.69) is 16.7 Å². The molecule has 2 aromatic carbocycles. The Kier molecular flexibility index (Phi) is 8.61. The van der Waals surface area contributed by atoms with Crippen molar-refractivity contribution in [2.75, 3.05) is 47.5 Å². The second-order valence-corrected chi connectivity index (χ2v) is 10.9. The molecule has 0 N–H and O–H groups in total. The average Bonchev–Trinajstić information content (AvgIpc) is 2.93. The zero-order valence-electron chi connectivity index (χ0n) is 24.4. The maximum Gasteiger partial charge on any atom is 0.308 e. The molecule has 9 heteroatoms. The van der Waals surface area contributed by atoms with Crippen molar-refractivity contribution in [3.8, 4) is 28.7 Å². The summed E-state index contributed by atoms with van der Waals surface area (Å²) in [4.78, 5) is 17.2. The molecular formula is C30H40N2O6S.